The molecule has 0 aliphatic heterocycles. The van der Waals surface area contributed by atoms with Gasteiger partial charge in [-0.1, -0.05) is 6.07 Å². The van der Waals surface area contributed by atoms with E-state index in [0.717, 1.165) is 40.9 Å². The summed E-state index contributed by atoms with van der Waals surface area (Å²) < 4.78 is 11.6. The first-order valence-corrected chi connectivity index (χ1v) is 10.2. The maximum Gasteiger partial charge on any atom is 0.191 e. The van der Waals surface area contributed by atoms with E-state index in [-0.39, 0.29) is 0 Å². The van der Waals surface area contributed by atoms with Crippen LogP contribution in [0.4, 0.5) is 0 Å². The molecule has 1 aromatic carbocycles. The number of guanidine groups is 1. The van der Waals surface area contributed by atoms with Crippen molar-refractivity contribution in [3.63, 3.8) is 0 Å². The number of ether oxygens (including phenoxy) is 2. The second-order valence-electron chi connectivity index (χ2n) is 6.65. The second-order valence-corrected chi connectivity index (χ2v) is 7.97. The average Bonchev–Trinajstić information content (AvgIpc) is 3.34. The standard InChI is InChI=1S/C20H28N4O2S/c1-14-11-22-19(27-14)13-24-20(21-2)23-12-15-8-9-17(18(10-15)25-3)26-16-6-4-5-7-16/h8-11,16H,4-7,12-13H2,1-3H3,(H2,21,23,24). The van der Waals surface area contributed by atoms with Gasteiger partial charge in [-0.2, -0.15) is 0 Å². The van der Waals surface area contributed by atoms with Crippen molar-refractivity contribution >= 4 is 17.3 Å². The molecule has 1 fully saturated rings. The molecule has 0 amide bonds. The van der Waals surface area contributed by atoms with E-state index in [1.807, 2.05) is 18.3 Å². The van der Waals surface area contributed by atoms with Crippen molar-refractivity contribution in [3.05, 3.63) is 39.8 Å². The van der Waals surface area contributed by atoms with Crippen LogP contribution in [0.3, 0.4) is 0 Å². The Morgan fingerprint density at radius 2 is 2.00 bits per heavy atom. The van der Waals surface area contributed by atoms with E-state index in [9.17, 15) is 0 Å². The number of benzene rings is 1. The molecule has 0 bridgehead atoms. The third-order valence-electron chi connectivity index (χ3n) is 4.58. The highest BCUT2D eigenvalue weighted by atomic mass is 32.1. The van der Waals surface area contributed by atoms with Crippen LogP contribution in [0.25, 0.3) is 0 Å². The topological polar surface area (TPSA) is 67.8 Å². The molecular weight excluding hydrogens is 360 g/mol. The average molecular weight is 389 g/mol. The van der Waals surface area contributed by atoms with Gasteiger partial charge in [0.15, 0.2) is 17.5 Å². The summed E-state index contributed by atoms with van der Waals surface area (Å²) in [6.07, 6.45) is 6.98. The quantitative estimate of drug-likeness (QED) is 0.560. The summed E-state index contributed by atoms with van der Waals surface area (Å²) in [6.45, 7) is 3.37. The highest BCUT2D eigenvalue weighted by Crippen LogP contribution is 2.32. The molecule has 146 valence electrons. The van der Waals surface area contributed by atoms with Gasteiger partial charge in [0.2, 0.25) is 0 Å². The Bertz CT molecular complexity index is 769. The van der Waals surface area contributed by atoms with E-state index in [2.05, 4.69) is 33.6 Å². The maximum atomic E-state index is 6.10. The molecule has 3 rings (SSSR count). The molecule has 27 heavy (non-hydrogen) atoms. The number of nitrogens with one attached hydrogen (secondary N) is 2. The second kappa shape index (κ2) is 9.60. The van der Waals surface area contributed by atoms with Gasteiger partial charge < -0.3 is 20.1 Å². The van der Waals surface area contributed by atoms with E-state index >= 15 is 0 Å². The van der Waals surface area contributed by atoms with E-state index in [1.165, 1.54) is 17.7 Å². The van der Waals surface area contributed by atoms with E-state index in [1.54, 1.807) is 25.5 Å². The lowest BCUT2D eigenvalue weighted by Crippen LogP contribution is -2.36. The molecule has 0 unspecified atom stereocenters. The fraction of sp³-hybridized carbons (Fsp3) is 0.500. The third kappa shape index (κ3) is 5.60. The molecule has 1 heterocycles. The Balaban J connectivity index is 1.54. The Labute approximate surface area is 165 Å². The molecule has 0 radical (unpaired) electrons. The predicted octanol–water partition coefficient (Wildman–Crippen LogP) is 3.65. The summed E-state index contributed by atoms with van der Waals surface area (Å²) in [4.78, 5) is 9.84. The minimum atomic E-state index is 0.320. The van der Waals surface area contributed by atoms with E-state index < -0.39 is 0 Å². The number of aliphatic imine (C=N–C) groups is 1. The monoisotopic (exact) mass is 388 g/mol. The van der Waals surface area contributed by atoms with E-state index in [4.69, 9.17) is 9.47 Å². The van der Waals surface area contributed by atoms with Crippen molar-refractivity contribution in [2.75, 3.05) is 14.2 Å². The summed E-state index contributed by atoms with van der Waals surface area (Å²) >= 11 is 1.69. The number of thiazole rings is 1. The van der Waals surface area contributed by atoms with Crippen molar-refractivity contribution < 1.29 is 9.47 Å². The zero-order valence-corrected chi connectivity index (χ0v) is 17.1. The molecule has 1 aliphatic carbocycles. The number of rotatable bonds is 7. The third-order valence-corrected chi connectivity index (χ3v) is 5.50. The van der Waals surface area contributed by atoms with Crippen molar-refractivity contribution in [3.8, 4) is 11.5 Å². The van der Waals surface area contributed by atoms with Crippen molar-refractivity contribution in [2.45, 2.75) is 51.8 Å². The van der Waals surface area contributed by atoms with Crippen molar-refractivity contribution in [1.82, 2.24) is 15.6 Å². The molecule has 1 aromatic heterocycles. The summed E-state index contributed by atoms with van der Waals surface area (Å²) in [5, 5.41) is 7.66. The van der Waals surface area contributed by atoms with Gasteiger partial charge in [0.25, 0.3) is 0 Å². The smallest absolute Gasteiger partial charge is 0.191 e. The fourth-order valence-electron chi connectivity index (χ4n) is 3.15. The lowest BCUT2D eigenvalue weighted by molar-refractivity contribution is 0.200. The number of methoxy groups -OCH3 is 1. The van der Waals surface area contributed by atoms with Crippen LogP contribution in [-0.4, -0.2) is 31.2 Å². The normalized spacial score (nSPS) is 15.0. The maximum absolute atomic E-state index is 6.10. The Hall–Kier alpha value is -2.28. The zero-order chi connectivity index (χ0) is 19.1. The lowest BCUT2D eigenvalue weighted by atomic mass is 10.2. The fourth-order valence-corrected chi connectivity index (χ4v) is 3.88. The predicted molar refractivity (Wildman–Crippen MR) is 110 cm³/mol. The van der Waals surface area contributed by atoms with Crippen molar-refractivity contribution in [2.24, 2.45) is 4.99 Å². The molecule has 1 saturated carbocycles. The molecule has 6 nitrogen and oxygen atoms in total. The summed E-state index contributed by atoms with van der Waals surface area (Å²) in [7, 11) is 3.45. The van der Waals surface area contributed by atoms with Crippen LogP contribution in [-0.2, 0) is 13.1 Å². The van der Waals surface area contributed by atoms with Gasteiger partial charge in [0.1, 0.15) is 5.01 Å². The van der Waals surface area contributed by atoms with Crippen LogP contribution in [0.5, 0.6) is 11.5 Å². The number of aromatic nitrogens is 1. The zero-order valence-electron chi connectivity index (χ0n) is 16.2. The minimum absolute atomic E-state index is 0.320. The molecule has 2 aromatic rings. The number of hydrogen-bond acceptors (Lipinski definition) is 5. The SMILES string of the molecule is CN=C(NCc1ccc(OC2CCCC2)c(OC)c1)NCc1ncc(C)s1. The van der Waals surface area contributed by atoms with Crippen LogP contribution >= 0.6 is 11.3 Å². The summed E-state index contributed by atoms with van der Waals surface area (Å²) in [5.74, 6) is 2.35. The van der Waals surface area contributed by atoms with Crippen molar-refractivity contribution in [1.29, 1.82) is 0 Å². The minimum Gasteiger partial charge on any atom is -0.493 e. The van der Waals surface area contributed by atoms with Crippen LogP contribution in [0, 0.1) is 6.92 Å². The highest BCUT2D eigenvalue weighted by molar-refractivity contribution is 7.11. The lowest BCUT2D eigenvalue weighted by Gasteiger charge is -2.17. The van der Waals surface area contributed by atoms with Gasteiger partial charge in [-0.15, -0.1) is 11.3 Å². The first kappa shape index (κ1) is 19.5. The van der Waals surface area contributed by atoms with Crippen LogP contribution < -0.4 is 20.1 Å². The Morgan fingerprint density at radius 1 is 1.22 bits per heavy atom. The van der Waals surface area contributed by atoms with Crippen LogP contribution in [0.2, 0.25) is 0 Å². The number of nitrogens with zero attached hydrogens (tertiary/aromatic N) is 2. The molecule has 1 aliphatic rings. The van der Waals surface area contributed by atoms with Crippen LogP contribution in [0.1, 0.15) is 41.1 Å². The largest absolute Gasteiger partial charge is 0.493 e. The molecule has 7 heteroatoms. The van der Waals surface area contributed by atoms with Gasteiger partial charge in [0, 0.05) is 24.7 Å². The van der Waals surface area contributed by atoms with Gasteiger partial charge in [-0.25, -0.2) is 4.98 Å². The molecule has 2 N–H and O–H groups in total. The van der Waals surface area contributed by atoms with Gasteiger partial charge in [0.05, 0.1) is 19.8 Å². The van der Waals surface area contributed by atoms with Gasteiger partial charge in [-0.3, -0.25) is 4.99 Å². The Kier molecular flexibility index (Phi) is 6.92. The molecule has 0 saturated heterocycles. The summed E-state index contributed by atoms with van der Waals surface area (Å²) in [6, 6.07) is 6.09. The number of hydrogen-bond donors (Lipinski definition) is 2. The van der Waals surface area contributed by atoms with Gasteiger partial charge in [-0.05, 0) is 50.3 Å². The molecule has 0 spiro atoms. The first-order valence-electron chi connectivity index (χ1n) is 9.37. The first-order chi connectivity index (χ1) is 13.2. The van der Waals surface area contributed by atoms with Gasteiger partial charge >= 0.3 is 0 Å². The van der Waals surface area contributed by atoms with E-state index in [0.29, 0.717) is 19.2 Å². The number of aryl methyl sites for hydroxylation is 1. The highest BCUT2D eigenvalue weighted by Gasteiger charge is 2.18. The van der Waals surface area contributed by atoms with Crippen LogP contribution in [0.15, 0.2) is 29.4 Å². The Morgan fingerprint density at radius 3 is 2.67 bits per heavy atom. The summed E-state index contributed by atoms with van der Waals surface area (Å²) in [5.41, 5.74) is 1.11. The molecular formula is C20H28N4O2S. The molecule has 0 atom stereocenters.